The first-order valence-electron chi connectivity index (χ1n) is 7.68. The van der Waals surface area contributed by atoms with Gasteiger partial charge in [0.2, 0.25) is 15.9 Å². The molecule has 0 radical (unpaired) electrons. The number of fused-ring (bicyclic) bond motifs is 1. The summed E-state index contributed by atoms with van der Waals surface area (Å²) in [5.41, 5.74) is 0. The first-order valence-corrected chi connectivity index (χ1v) is 9.16. The summed E-state index contributed by atoms with van der Waals surface area (Å²) in [6.07, 6.45) is 6.16. The van der Waals surface area contributed by atoms with Gasteiger partial charge in [-0.05, 0) is 25.0 Å². The molecular formula is C16H19N3O3S. The number of nitrogens with one attached hydrogen (secondary N) is 2. The predicted octanol–water partition coefficient (Wildman–Crippen LogP) is 1.43. The van der Waals surface area contributed by atoms with E-state index in [9.17, 15) is 13.2 Å². The molecule has 0 unspecified atom stereocenters. The summed E-state index contributed by atoms with van der Waals surface area (Å²) in [6.45, 7) is 0.461. The normalized spacial score (nSPS) is 15.3. The lowest BCUT2D eigenvalue weighted by molar-refractivity contribution is -0.127. The third kappa shape index (κ3) is 3.51. The molecule has 1 aromatic carbocycles. The minimum Gasteiger partial charge on any atom is -0.355 e. The molecule has 1 heterocycles. The van der Waals surface area contributed by atoms with E-state index in [1.54, 1.807) is 30.6 Å². The average molecular weight is 333 g/mol. The highest BCUT2D eigenvalue weighted by molar-refractivity contribution is 7.89. The third-order valence-electron chi connectivity index (χ3n) is 4.12. The number of hydrogen-bond acceptors (Lipinski definition) is 4. The molecule has 0 atom stereocenters. The number of benzene rings is 1. The molecule has 0 spiro atoms. The third-order valence-corrected chi connectivity index (χ3v) is 5.64. The molecule has 1 amide bonds. The number of sulfonamides is 1. The van der Waals surface area contributed by atoms with Crippen molar-refractivity contribution in [1.82, 2.24) is 15.0 Å². The van der Waals surface area contributed by atoms with Crippen LogP contribution < -0.4 is 10.0 Å². The van der Waals surface area contributed by atoms with Crippen molar-refractivity contribution in [3.05, 3.63) is 36.7 Å². The van der Waals surface area contributed by atoms with Gasteiger partial charge in [-0.3, -0.25) is 9.78 Å². The van der Waals surface area contributed by atoms with Gasteiger partial charge < -0.3 is 5.32 Å². The van der Waals surface area contributed by atoms with Crippen LogP contribution in [-0.2, 0) is 14.8 Å². The van der Waals surface area contributed by atoms with Crippen LogP contribution in [0.5, 0.6) is 0 Å². The van der Waals surface area contributed by atoms with E-state index in [2.05, 4.69) is 15.0 Å². The molecular weight excluding hydrogens is 314 g/mol. The molecule has 7 heteroatoms. The number of amides is 1. The Bertz CT molecular complexity index is 811. The first kappa shape index (κ1) is 15.9. The summed E-state index contributed by atoms with van der Waals surface area (Å²) in [7, 11) is -3.63. The van der Waals surface area contributed by atoms with Gasteiger partial charge in [-0.2, -0.15) is 0 Å². The zero-order valence-electron chi connectivity index (χ0n) is 12.7. The molecule has 1 aliphatic carbocycles. The number of carbonyl (C=O) groups excluding carboxylic acids is 1. The van der Waals surface area contributed by atoms with Gasteiger partial charge in [0.15, 0.2) is 0 Å². The Morgan fingerprint density at radius 3 is 2.78 bits per heavy atom. The molecule has 2 N–H and O–H groups in total. The highest BCUT2D eigenvalue weighted by Gasteiger charge is 2.24. The zero-order valence-corrected chi connectivity index (χ0v) is 13.5. The number of hydrogen-bond donors (Lipinski definition) is 2. The highest BCUT2D eigenvalue weighted by Crippen LogP contribution is 2.26. The van der Waals surface area contributed by atoms with E-state index in [4.69, 9.17) is 0 Å². The smallest absolute Gasteiger partial charge is 0.241 e. The molecule has 3 rings (SSSR count). The fourth-order valence-corrected chi connectivity index (χ4v) is 3.85. The molecule has 0 aliphatic heterocycles. The summed E-state index contributed by atoms with van der Waals surface area (Å²) in [6, 6.07) is 6.76. The predicted molar refractivity (Wildman–Crippen MR) is 87.3 cm³/mol. The number of carbonyl (C=O) groups is 1. The molecule has 1 aromatic heterocycles. The van der Waals surface area contributed by atoms with Crippen LogP contribution in [0.1, 0.15) is 19.3 Å². The van der Waals surface area contributed by atoms with E-state index < -0.39 is 10.0 Å². The second-order valence-corrected chi connectivity index (χ2v) is 7.40. The van der Waals surface area contributed by atoms with Gasteiger partial charge in [-0.1, -0.05) is 18.6 Å². The van der Waals surface area contributed by atoms with Gasteiger partial charge in [-0.25, -0.2) is 13.1 Å². The maximum absolute atomic E-state index is 12.4. The minimum absolute atomic E-state index is 0.0201. The molecule has 1 aliphatic rings. The van der Waals surface area contributed by atoms with Crippen LogP contribution in [0, 0.1) is 5.92 Å². The van der Waals surface area contributed by atoms with Crippen molar-refractivity contribution in [3.8, 4) is 0 Å². The maximum atomic E-state index is 12.4. The van der Waals surface area contributed by atoms with Gasteiger partial charge in [0, 0.05) is 42.2 Å². The molecule has 1 fully saturated rings. The van der Waals surface area contributed by atoms with Gasteiger partial charge in [-0.15, -0.1) is 0 Å². The molecule has 2 aromatic rings. The highest BCUT2D eigenvalue weighted by atomic mass is 32.2. The second-order valence-electron chi connectivity index (χ2n) is 5.67. The van der Waals surface area contributed by atoms with Crippen LogP contribution in [0.25, 0.3) is 10.8 Å². The van der Waals surface area contributed by atoms with Crippen molar-refractivity contribution < 1.29 is 13.2 Å². The number of pyridine rings is 1. The molecule has 0 saturated heterocycles. The summed E-state index contributed by atoms with van der Waals surface area (Å²) in [5.74, 6) is 0.129. The van der Waals surface area contributed by atoms with Crippen LogP contribution >= 0.6 is 0 Å². The molecule has 23 heavy (non-hydrogen) atoms. The van der Waals surface area contributed by atoms with Crippen molar-refractivity contribution in [2.45, 2.75) is 24.2 Å². The monoisotopic (exact) mass is 333 g/mol. The maximum Gasteiger partial charge on any atom is 0.241 e. The van der Waals surface area contributed by atoms with Crippen LogP contribution in [-0.4, -0.2) is 32.4 Å². The van der Waals surface area contributed by atoms with Crippen LogP contribution in [0.15, 0.2) is 41.6 Å². The fraction of sp³-hybridized carbons (Fsp3) is 0.375. The fourth-order valence-electron chi connectivity index (χ4n) is 2.59. The van der Waals surface area contributed by atoms with E-state index in [-0.39, 0.29) is 23.3 Å². The Morgan fingerprint density at radius 2 is 2.04 bits per heavy atom. The van der Waals surface area contributed by atoms with Gasteiger partial charge in [0.05, 0.1) is 4.90 Å². The standard InChI is InChI=1S/C16H19N3O3S/c20-16(12-3-1-4-12)18-9-10-19-23(21,22)15-6-2-5-13-11-17-8-7-14(13)15/h2,5-8,11-12,19H,1,3-4,9-10H2,(H,18,20). The Kier molecular flexibility index (Phi) is 4.58. The van der Waals surface area contributed by atoms with E-state index in [1.807, 2.05) is 6.07 Å². The quantitative estimate of drug-likeness (QED) is 0.783. The van der Waals surface area contributed by atoms with E-state index in [1.165, 1.54) is 0 Å². The summed E-state index contributed by atoms with van der Waals surface area (Å²) in [5, 5.41) is 4.17. The summed E-state index contributed by atoms with van der Waals surface area (Å²) in [4.78, 5) is 15.9. The second kappa shape index (κ2) is 6.64. The minimum atomic E-state index is -3.63. The Hall–Kier alpha value is -1.99. The largest absolute Gasteiger partial charge is 0.355 e. The Balaban J connectivity index is 1.63. The Labute approximate surface area is 135 Å². The zero-order chi connectivity index (χ0) is 16.3. The van der Waals surface area contributed by atoms with Gasteiger partial charge in [0.25, 0.3) is 0 Å². The number of rotatable bonds is 6. The average Bonchev–Trinajstić information content (AvgIpc) is 2.49. The molecule has 1 saturated carbocycles. The van der Waals surface area contributed by atoms with Gasteiger partial charge >= 0.3 is 0 Å². The number of nitrogens with zero attached hydrogens (tertiary/aromatic N) is 1. The SMILES string of the molecule is O=C(NCCNS(=O)(=O)c1cccc2cnccc12)C1CCC1. The van der Waals surface area contributed by atoms with Crippen molar-refractivity contribution in [2.24, 2.45) is 5.92 Å². The van der Waals surface area contributed by atoms with E-state index >= 15 is 0 Å². The topological polar surface area (TPSA) is 88.2 Å². The van der Waals surface area contributed by atoms with Crippen LogP contribution in [0.4, 0.5) is 0 Å². The van der Waals surface area contributed by atoms with Crippen LogP contribution in [0.2, 0.25) is 0 Å². The molecule has 0 bridgehead atoms. The van der Waals surface area contributed by atoms with Crippen molar-refractivity contribution in [3.63, 3.8) is 0 Å². The van der Waals surface area contributed by atoms with Crippen molar-refractivity contribution >= 4 is 26.7 Å². The lowest BCUT2D eigenvalue weighted by Crippen LogP contribution is -2.39. The van der Waals surface area contributed by atoms with Crippen molar-refractivity contribution in [2.75, 3.05) is 13.1 Å². The first-order chi connectivity index (χ1) is 11.1. The van der Waals surface area contributed by atoms with Crippen molar-refractivity contribution in [1.29, 1.82) is 0 Å². The van der Waals surface area contributed by atoms with E-state index in [0.29, 0.717) is 11.9 Å². The lowest BCUT2D eigenvalue weighted by Gasteiger charge is -2.24. The number of aromatic nitrogens is 1. The summed E-state index contributed by atoms with van der Waals surface area (Å²) >= 11 is 0. The molecule has 122 valence electrons. The lowest BCUT2D eigenvalue weighted by atomic mass is 9.85. The Morgan fingerprint density at radius 1 is 1.22 bits per heavy atom. The molecule has 6 nitrogen and oxygen atoms in total. The van der Waals surface area contributed by atoms with Crippen LogP contribution in [0.3, 0.4) is 0 Å². The summed E-state index contributed by atoms with van der Waals surface area (Å²) < 4.78 is 27.4. The van der Waals surface area contributed by atoms with Gasteiger partial charge in [0.1, 0.15) is 0 Å². The van der Waals surface area contributed by atoms with E-state index in [0.717, 1.165) is 24.6 Å².